The number of carbonyl (C=O) groups excluding carboxylic acids is 4. The number of phosphoric acid groups is 2. The van der Waals surface area contributed by atoms with E-state index in [1.807, 2.05) is 0 Å². The molecule has 0 aliphatic carbocycles. The van der Waals surface area contributed by atoms with Gasteiger partial charge >= 0.3 is 39.5 Å². The molecule has 5 atom stereocenters. The number of hydrogen-bond acceptors (Lipinski definition) is 15. The molecule has 0 amide bonds. The summed E-state index contributed by atoms with van der Waals surface area (Å²) in [6.45, 7) is 9.53. The summed E-state index contributed by atoms with van der Waals surface area (Å²) in [6.07, 6.45) is 58.7. The van der Waals surface area contributed by atoms with Crippen LogP contribution in [0, 0.1) is 11.8 Å². The molecule has 0 aromatic heterocycles. The van der Waals surface area contributed by atoms with E-state index in [-0.39, 0.29) is 25.7 Å². The first-order chi connectivity index (χ1) is 46.9. The fourth-order valence-corrected chi connectivity index (χ4v) is 13.6. The molecule has 0 spiro atoms. The molecule has 0 aromatic carbocycles. The zero-order valence-electron chi connectivity index (χ0n) is 63.4. The molecular formula is C78H152O17P2. The SMILES string of the molecule is CCCCCCCCCCCCCCCCCCCCCCCCC(=O)O[C@H](COC(=O)CCCCCCCCCCCCCCCCC(C)C)COP(=O)(O)OC[C@@H](O)COP(=O)(O)OC[C@@H](COC(=O)CCCCCCCCCC)OC(=O)CCCCCCCCCC(C)C. The number of phosphoric ester groups is 2. The molecule has 0 rings (SSSR count). The van der Waals surface area contributed by atoms with Crippen molar-refractivity contribution in [3.05, 3.63) is 0 Å². The molecular weight excluding hydrogens is 1270 g/mol. The van der Waals surface area contributed by atoms with Crippen LogP contribution in [0.5, 0.6) is 0 Å². The molecule has 17 nitrogen and oxygen atoms in total. The van der Waals surface area contributed by atoms with Crippen molar-refractivity contribution in [3.8, 4) is 0 Å². The van der Waals surface area contributed by atoms with Gasteiger partial charge in [0.2, 0.25) is 0 Å². The van der Waals surface area contributed by atoms with Gasteiger partial charge in [-0.15, -0.1) is 0 Å². The summed E-state index contributed by atoms with van der Waals surface area (Å²) in [7, 11) is -9.91. The molecule has 0 aliphatic rings. The van der Waals surface area contributed by atoms with E-state index in [0.29, 0.717) is 31.6 Å². The Bertz CT molecular complexity index is 1870. The van der Waals surface area contributed by atoms with Crippen molar-refractivity contribution in [2.45, 2.75) is 426 Å². The van der Waals surface area contributed by atoms with Crippen LogP contribution in [0.4, 0.5) is 0 Å². The summed E-state index contributed by atoms with van der Waals surface area (Å²) < 4.78 is 68.5. The number of hydrogen-bond donors (Lipinski definition) is 3. The second kappa shape index (κ2) is 69.8. The van der Waals surface area contributed by atoms with Crippen molar-refractivity contribution in [2.75, 3.05) is 39.6 Å². The highest BCUT2D eigenvalue weighted by molar-refractivity contribution is 7.47. The van der Waals surface area contributed by atoms with Gasteiger partial charge in [-0.25, -0.2) is 9.13 Å². The monoisotopic (exact) mass is 1420 g/mol. The molecule has 0 heterocycles. The number of aliphatic hydroxyl groups is 1. The second-order valence-electron chi connectivity index (χ2n) is 29.1. The number of unbranched alkanes of at least 4 members (excludes halogenated alkanes) is 47. The van der Waals surface area contributed by atoms with Crippen LogP contribution < -0.4 is 0 Å². The second-order valence-corrected chi connectivity index (χ2v) is 32.0. The maximum Gasteiger partial charge on any atom is 0.472 e. The Hall–Kier alpha value is -1.94. The molecule has 2 unspecified atom stereocenters. The van der Waals surface area contributed by atoms with Gasteiger partial charge < -0.3 is 33.8 Å². The Morgan fingerprint density at radius 1 is 0.278 bits per heavy atom. The van der Waals surface area contributed by atoms with E-state index in [9.17, 15) is 43.2 Å². The van der Waals surface area contributed by atoms with Crippen LogP contribution in [0.15, 0.2) is 0 Å². The van der Waals surface area contributed by atoms with Crippen LogP contribution in [0.2, 0.25) is 0 Å². The highest BCUT2D eigenvalue weighted by atomic mass is 31.2. The van der Waals surface area contributed by atoms with Crippen molar-refractivity contribution in [2.24, 2.45) is 11.8 Å². The van der Waals surface area contributed by atoms with Gasteiger partial charge in [0.05, 0.1) is 26.4 Å². The highest BCUT2D eigenvalue weighted by Gasteiger charge is 2.30. The standard InChI is InChI=1S/C78H152O17P2/c1-7-9-11-13-15-17-18-19-20-21-22-23-24-25-26-27-32-35-38-44-50-56-62-77(82)94-73(67-89-76(81)61-55-49-43-37-34-31-29-28-30-33-36-40-46-52-58-70(3)4)68-92-96(84,85)90-64-72(79)65-91-97(86,87)93-69-74(66-88-75(80)60-54-48-42-16-14-12-10-8-2)95-78(83)63-57-51-45-39-41-47-53-59-71(5)6/h70-74,79H,7-69H2,1-6H3,(H,84,85)(H,86,87)/t72-,73-,74-/m1/s1. The smallest absolute Gasteiger partial charge is 0.462 e. The molecule has 3 N–H and O–H groups in total. The van der Waals surface area contributed by atoms with Crippen LogP contribution >= 0.6 is 15.6 Å². The van der Waals surface area contributed by atoms with E-state index in [1.165, 1.54) is 218 Å². The molecule has 19 heteroatoms. The molecule has 0 aromatic rings. The average molecular weight is 1420 g/mol. The zero-order valence-corrected chi connectivity index (χ0v) is 65.2. The van der Waals surface area contributed by atoms with E-state index >= 15 is 0 Å². The molecule has 97 heavy (non-hydrogen) atoms. The molecule has 0 radical (unpaired) electrons. The van der Waals surface area contributed by atoms with Crippen LogP contribution in [-0.4, -0.2) is 96.7 Å². The first-order valence-electron chi connectivity index (χ1n) is 40.5. The zero-order chi connectivity index (χ0) is 71.4. The molecule has 0 aliphatic heterocycles. The number of ether oxygens (including phenoxy) is 4. The minimum atomic E-state index is -4.96. The molecule has 0 saturated carbocycles. The minimum absolute atomic E-state index is 0.103. The summed E-state index contributed by atoms with van der Waals surface area (Å²) in [5.41, 5.74) is 0. The van der Waals surface area contributed by atoms with Gasteiger partial charge in [0.15, 0.2) is 12.2 Å². The number of carbonyl (C=O) groups is 4. The van der Waals surface area contributed by atoms with Crippen LogP contribution in [0.3, 0.4) is 0 Å². The predicted molar refractivity (Wildman–Crippen MR) is 395 cm³/mol. The van der Waals surface area contributed by atoms with Gasteiger partial charge in [0.25, 0.3) is 0 Å². The largest absolute Gasteiger partial charge is 0.472 e. The Morgan fingerprint density at radius 3 is 0.701 bits per heavy atom. The van der Waals surface area contributed by atoms with Crippen LogP contribution in [0.1, 0.15) is 408 Å². The van der Waals surface area contributed by atoms with Crippen LogP contribution in [-0.2, 0) is 65.4 Å². The average Bonchev–Trinajstić information content (AvgIpc) is 1.15. The third-order valence-electron chi connectivity index (χ3n) is 18.2. The lowest BCUT2D eigenvalue weighted by molar-refractivity contribution is -0.161. The van der Waals surface area contributed by atoms with Crippen molar-refractivity contribution >= 4 is 39.5 Å². The van der Waals surface area contributed by atoms with Gasteiger partial charge in [-0.2, -0.15) is 0 Å². The highest BCUT2D eigenvalue weighted by Crippen LogP contribution is 2.45. The first kappa shape index (κ1) is 95.1. The third kappa shape index (κ3) is 72.2. The summed E-state index contributed by atoms with van der Waals surface area (Å²) >= 11 is 0. The maximum atomic E-state index is 13.1. The Morgan fingerprint density at radius 2 is 0.474 bits per heavy atom. The Balaban J connectivity index is 5.16. The first-order valence-corrected chi connectivity index (χ1v) is 43.5. The van der Waals surface area contributed by atoms with Crippen LogP contribution in [0.25, 0.3) is 0 Å². The van der Waals surface area contributed by atoms with Crippen molar-refractivity contribution in [3.63, 3.8) is 0 Å². The topological polar surface area (TPSA) is 237 Å². The lowest BCUT2D eigenvalue weighted by Gasteiger charge is -2.21. The van der Waals surface area contributed by atoms with Gasteiger partial charge in [-0.1, -0.05) is 356 Å². The molecule has 0 fully saturated rings. The normalized spacial score (nSPS) is 14.0. The number of aliphatic hydroxyl groups excluding tert-OH is 1. The maximum absolute atomic E-state index is 13.1. The molecule has 576 valence electrons. The summed E-state index contributed by atoms with van der Waals surface area (Å²) in [6, 6.07) is 0. The Kier molecular flexibility index (Phi) is 68.4. The van der Waals surface area contributed by atoms with Crippen molar-refractivity contribution in [1.29, 1.82) is 0 Å². The lowest BCUT2D eigenvalue weighted by atomic mass is 10.0. The molecule has 0 saturated heterocycles. The van der Waals surface area contributed by atoms with E-state index in [0.717, 1.165) is 102 Å². The van der Waals surface area contributed by atoms with E-state index in [1.54, 1.807) is 0 Å². The van der Waals surface area contributed by atoms with E-state index < -0.39 is 97.5 Å². The minimum Gasteiger partial charge on any atom is -0.462 e. The van der Waals surface area contributed by atoms with Crippen molar-refractivity contribution < 1.29 is 80.2 Å². The number of esters is 4. The quantitative estimate of drug-likeness (QED) is 0.0222. The fourth-order valence-electron chi connectivity index (χ4n) is 12.0. The van der Waals surface area contributed by atoms with E-state index in [4.69, 9.17) is 37.0 Å². The Labute approximate surface area is 594 Å². The van der Waals surface area contributed by atoms with Gasteiger partial charge in [-0.3, -0.25) is 37.3 Å². The lowest BCUT2D eigenvalue weighted by Crippen LogP contribution is -2.30. The van der Waals surface area contributed by atoms with Gasteiger partial charge in [0.1, 0.15) is 19.3 Å². The fraction of sp³-hybridized carbons (Fsp3) is 0.949. The molecule has 0 bridgehead atoms. The number of rotatable bonds is 77. The van der Waals surface area contributed by atoms with Gasteiger partial charge in [0, 0.05) is 25.7 Å². The summed E-state index contributed by atoms with van der Waals surface area (Å²) in [5, 5.41) is 10.6. The summed E-state index contributed by atoms with van der Waals surface area (Å²) in [4.78, 5) is 72.7. The summed E-state index contributed by atoms with van der Waals surface area (Å²) in [5.74, 6) is -0.625. The van der Waals surface area contributed by atoms with E-state index in [2.05, 4.69) is 41.5 Å². The van der Waals surface area contributed by atoms with Crippen molar-refractivity contribution in [1.82, 2.24) is 0 Å². The predicted octanol–water partition coefficient (Wildman–Crippen LogP) is 23.1. The van der Waals surface area contributed by atoms with Gasteiger partial charge in [-0.05, 0) is 37.5 Å². The third-order valence-corrected chi connectivity index (χ3v) is 20.1.